The van der Waals surface area contributed by atoms with Crippen LogP contribution in [0.25, 0.3) is 10.8 Å². The van der Waals surface area contributed by atoms with Crippen LogP contribution in [0.1, 0.15) is 26.5 Å². The summed E-state index contributed by atoms with van der Waals surface area (Å²) in [5.41, 5.74) is 4.74. The van der Waals surface area contributed by atoms with Gasteiger partial charge in [-0.05, 0) is 80.9 Å². The van der Waals surface area contributed by atoms with Crippen molar-refractivity contribution >= 4 is 67.9 Å². The predicted molar refractivity (Wildman–Crippen MR) is 174 cm³/mol. The number of nitrogens with one attached hydrogen (secondary N) is 2. The van der Waals surface area contributed by atoms with Gasteiger partial charge in [0.05, 0.1) is 30.4 Å². The number of carbonyl (C=O) groups excluding carboxylic acids is 2. The standard InChI is InChI=1S/C31H26IN5O5S/c1-40-23-12-10-21(11-13-23)30(39)34-31-37-36-28(43-31)16-27(38)35-33-17-19-14-25(32)29(26(15-19)41-2)42-18-22-8-5-7-20-6-3-4-9-24(20)22/h3-15,17H,16,18H2,1-2H3,(H,35,38)(H,34,37,39). The van der Waals surface area contributed by atoms with Crippen LogP contribution in [0.5, 0.6) is 17.2 Å². The molecule has 1 heterocycles. The molecule has 0 spiro atoms. The Balaban J connectivity index is 1.16. The molecule has 10 nitrogen and oxygen atoms in total. The van der Waals surface area contributed by atoms with Crippen LogP contribution >= 0.6 is 33.9 Å². The molecule has 43 heavy (non-hydrogen) atoms. The highest BCUT2D eigenvalue weighted by atomic mass is 127. The lowest BCUT2D eigenvalue weighted by atomic mass is 10.1. The van der Waals surface area contributed by atoms with Gasteiger partial charge in [-0.3, -0.25) is 14.9 Å². The number of hydrogen-bond acceptors (Lipinski definition) is 9. The van der Waals surface area contributed by atoms with Crippen LogP contribution in [0, 0.1) is 3.57 Å². The quantitative estimate of drug-likeness (QED) is 0.101. The number of amides is 2. The number of hydrazone groups is 1. The Morgan fingerprint density at radius 3 is 2.56 bits per heavy atom. The maximum Gasteiger partial charge on any atom is 0.257 e. The molecule has 5 rings (SSSR count). The summed E-state index contributed by atoms with van der Waals surface area (Å²) in [6.45, 7) is 0.385. The first-order valence-corrected chi connectivity index (χ1v) is 14.9. The second kappa shape index (κ2) is 14.1. The van der Waals surface area contributed by atoms with Gasteiger partial charge in [0.25, 0.3) is 5.91 Å². The van der Waals surface area contributed by atoms with Crippen LogP contribution in [-0.4, -0.2) is 42.4 Å². The Bertz CT molecular complexity index is 1790. The highest BCUT2D eigenvalue weighted by Crippen LogP contribution is 2.34. The number of ether oxygens (including phenoxy) is 3. The molecular weight excluding hydrogens is 681 g/mol. The molecule has 0 saturated carbocycles. The molecule has 0 aliphatic carbocycles. The number of nitrogens with zero attached hydrogens (tertiary/aromatic N) is 3. The maximum absolute atomic E-state index is 12.4. The molecule has 12 heteroatoms. The lowest BCUT2D eigenvalue weighted by Gasteiger charge is -2.14. The van der Waals surface area contributed by atoms with Gasteiger partial charge in [-0.1, -0.05) is 53.8 Å². The number of halogens is 1. The van der Waals surface area contributed by atoms with Crippen molar-refractivity contribution in [3.8, 4) is 17.2 Å². The third-order valence-electron chi connectivity index (χ3n) is 6.26. The molecule has 0 radical (unpaired) electrons. The molecule has 0 unspecified atom stereocenters. The largest absolute Gasteiger partial charge is 0.497 e. The third kappa shape index (κ3) is 7.64. The lowest BCUT2D eigenvalue weighted by molar-refractivity contribution is -0.120. The Labute approximate surface area is 265 Å². The summed E-state index contributed by atoms with van der Waals surface area (Å²) < 4.78 is 17.7. The molecule has 2 amide bonds. The molecule has 0 atom stereocenters. The molecule has 0 fully saturated rings. The second-order valence-corrected chi connectivity index (χ2v) is 11.3. The van der Waals surface area contributed by atoms with Crippen LogP contribution in [0.2, 0.25) is 0 Å². The van der Waals surface area contributed by atoms with Crippen LogP contribution in [-0.2, 0) is 17.8 Å². The second-order valence-electron chi connectivity index (χ2n) is 9.11. The number of carbonyl (C=O) groups is 2. The zero-order chi connectivity index (χ0) is 30.2. The molecule has 4 aromatic carbocycles. The zero-order valence-corrected chi connectivity index (χ0v) is 26.1. The SMILES string of the molecule is COc1ccc(C(=O)Nc2nnc(CC(=O)NN=Cc3cc(I)c(OCc4cccc5ccccc45)c(OC)c3)s2)cc1. The zero-order valence-electron chi connectivity index (χ0n) is 23.2. The lowest BCUT2D eigenvalue weighted by Crippen LogP contribution is -2.19. The predicted octanol–water partition coefficient (Wildman–Crippen LogP) is 5.84. The van der Waals surface area contributed by atoms with E-state index in [-0.39, 0.29) is 23.4 Å². The van der Waals surface area contributed by atoms with Gasteiger partial charge in [0, 0.05) is 5.56 Å². The van der Waals surface area contributed by atoms with Gasteiger partial charge in [-0.25, -0.2) is 5.43 Å². The summed E-state index contributed by atoms with van der Waals surface area (Å²) in [4.78, 5) is 24.9. The normalized spacial score (nSPS) is 11.0. The molecule has 5 aromatic rings. The monoisotopic (exact) mass is 707 g/mol. The molecule has 0 aliphatic heterocycles. The Kier molecular flexibility index (Phi) is 9.79. The van der Waals surface area contributed by atoms with Crippen molar-refractivity contribution in [2.24, 2.45) is 5.10 Å². The van der Waals surface area contributed by atoms with E-state index in [1.165, 1.54) is 6.21 Å². The average molecular weight is 708 g/mol. The summed E-state index contributed by atoms with van der Waals surface area (Å²) in [5, 5.41) is 17.7. The van der Waals surface area contributed by atoms with Gasteiger partial charge in [0.15, 0.2) is 11.5 Å². The van der Waals surface area contributed by atoms with E-state index in [4.69, 9.17) is 14.2 Å². The topological polar surface area (TPSA) is 124 Å². The van der Waals surface area contributed by atoms with E-state index in [0.717, 1.165) is 36.8 Å². The highest BCUT2D eigenvalue weighted by Gasteiger charge is 2.14. The fourth-order valence-corrected chi connectivity index (χ4v) is 5.68. The van der Waals surface area contributed by atoms with Crippen molar-refractivity contribution in [2.45, 2.75) is 13.0 Å². The smallest absolute Gasteiger partial charge is 0.257 e. The van der Waals surface area contributed by atoms with E-state index < -0.39 is 0 Å². The van der Waals surface area contributed by atoms with Gasteiger partial charge in [-0.15, -0.1) is 10.2 Å². The van der Waals surface area contributed by atoms with Gasteiger partial charge >= 0.3 is 0 Å². The van der Waals surface area contributed by atoms with Gasteiger partial charge < -0.3 is 14.2 Å². The average Bonchev–Trinajstić information content (AvgIpc) is 3.46. The van der Waals surface area contributed by atoms with Gasteiger partial charge in [0.2, 0.25) is 11.0 Å². The van der Waals surface area contributed by atoms with E-state index in [1.807, 2.05) is 30.3 Å². The number of aromatic nitrogens is 2. The van der Waals surface area contributed by atoms with Gasteiger partial charge in [0.1, 0.15) is 17.4 Å². The number of rotatable bonds is 11. The number of methoxy groups -OCH3 is 2. The first-order valence-electron chi connectivity index (χ1n) is 13.0. The van der Waals surface area contributed by atoms with Crippen LogP contribution < -0.4 is 25.0 Å². The minimum Gasteiger partial charge on any atom is -0.497 e. The molecule has 0 bridgehead atoms. The maximum atomic E-state index is 12.4. The number of anilines is 1. The molecule has 1 aromatic heterocycles. The first kappa shape index (κ1) is 29.9. The number of fused-ring (bicyclic) bond motifs is 1. The van der Waals surface area contributed by atoms with E-state index in [1.54, 1.807) is 44.6 Å². The Morgan fingerprint density at radius 1 is 0.977 bits per heavy atom. The van der Waals surface area contributed by atoms with Crippen LogP contribution in [0.3, 0.4) is 0 Å². The first-order chi connectivity index (χ1) is 20.9. The van der Waals surface area contributed by atoms with E-state index >= 15 is 0 Å². The van der Waals surface area contributed by atoms with E-state index in [9.17, 15) is 9.59 Å². The number of hydrogen-bond donors (Lipinski definition) is 2. The molecule has 2 N–H and O–H groups in total. The fourth-order valence-electron chi connectivity index (χ4n) is 4.17. The summed E-state index contributed by atoms with van der Waals surface area (Å²) in [5.74, 6) is 1.11. The number of benzene rings is 4. The molecule has 0 aliphatic rings. The molecule has 0 saturated heterocycles. The minimum absolute atomic E-state index is 0.0464. The van der Waals surface area contributed by atoms with E-state index in [2.05, 4.69) is 66.8 Å². The summed E-state index contributed by atoms with van der Waals surface area (Å²) in [6, 6.07) is 24.7. The van der Waals surface area contributed by atoms with Crippen LogP contribution in [0.15, 0.2) is 84.0 Å². The van der Waals surface area contributed by atoms with Gasteiger partial charge in [-0.2, -0.15) is 5.10 Å². The van der Waals surface area contributed by atoms with Crippen molar-refractivity contribution in [3.63, 3.8) is 0 Å². The van der Waals surface area contributed by atoms with Crippen molar-refractivity contribution in [1.29, 1.82) is 0 Å². The Hall–Kier alpha value is -4.56. The minimum atomic E-state index is -0.378. The third-order valence-corrected chi connectivity index (χ3v) is 7.90. The summed E-state index contributed by atoms with van der Waals surface area (Å²) >= 11 is 3.30. The van der Waals surface area contributed by atoms with Crippen molar-refractivity contribution in [1.82, 2.24) is 15.6 Å². The highest BCUT2D eigenvalue weighted by molar-refractivity contribution is 14.1. The Morgan fingerprint density at radius 2 is 1.77 bits per heavy atom. The fraction of sp³-hybridized carbons (Fsp3) is 0.129. The van der Waals surface area contributed by atoms with Crippen molar-refractivity contribution in [2.75, 3.05) is 19.5 Å². The van der Waals surface area contributed by atoms with Crippen molar-refractivity contribution < 1.29 is 23.8 Å². The van der Waals surface area contributed by atoms with Crippen LogP contribution in [0.4, 0.5) is 5.13 Å². The van der Waals surface area contributed by atoms with Crippen molar-refractivity contribution in [3.05, 3.63) is 104 Å². The molecular formula is C31H26IN5O5S. The summed E-state index contributed by atoms with van der Waals surface area (Å²) in [7, 11) is 3.13. The summed E-state index contributed by atoms with van der Waals surface area (Å²) in [6.07, 6.45) is 1.48. The molecule has 218 valence electrons. The van der Waals surface area contributed by atoms with E-state index in [0.29, 0.717) is 34.4 Å².